The van der Waals surface area contributed by atoms with E-state index in [2.05, 4.69) is 19.1 Å². The lowest BCUT2D eigenvalue weighted by Gasteiger charge is -2.05. The van der Waals surface area contributed by atoms with Crippen LogP contribution in [0.15, 0.2) is 24.3 Å². The third kappa shape index (κ3) is 3.51. The van der Waals surface area contributed by atoms with Crippen LogP contribution in [0, 0.1) is 0 Å². The molecule has 0 saturated carbocycles. The maximum absolute atomic E-state index is 9.33. The summed E-state index contributed by atoms with van der Waals surface area (Å²) in [6.45, 7) is 4.02. The highest BCUT2D eigenvalue weighted by Crippen LogP contribution is 2.14. The topological polar surface area (TPSA) is 20.2 Å². The lowest BCUT2D eigenvalue weighted by Crippen LogP contribution is -1.91. The zero-order valence-electron chi connectivity index (χ0n) is 9.16. The molecule has 1 rings (SSSR count). The Hall–Kier alpha value is -0.820. The van der Waals surface area contributed by atoms with Crippen molar-refractivity contribution < 1.29 is 5.11 Å². The van der Waals surface area contributed by atoms with Crippen LogP contribution in [-0.2, 0) is 6.42 Å². The predicted molar refractivity (Wildman–Crippen MR) is 60.3 cm³/mol. The molecule has 78 valence electrons. The van der Waals surface area contributed by atoms with Gasteiger partial charge in [0, 0.05) is 0 Å². The van der Waals surface area contributed by atoms with Gasteiger partial charge in [-0.1, -0.05) is 44.0 Å². The average Bonchev–Trinajstić information content (AvgIpc) is 2.19. The van der Waals surface area contributed by atoms with Crippen molar-refractivity contribution in [2.75, 3.05) is 0 Å². The van der Waals surface area contributed by atoms with E-state index in [-0.39, 0.29) is 6.10 Å². The van der Waals surface area contributed by atoms with Gasteiger partial charge in [-0.05, 0) is 30.9 Å². The Morgan fingerprint density at radius 1 is 1.14 bits per heavy atom. The summed E-state index contributed by atoms with van der Waals surface area (Å²) < 4.78 is 0. The van der Waals surface area contributed by atoms with E-state index >= 15 is 0 Å². The molecule has 0 radical (unpaired) electrons. The second-order valence-electron chi connectivity index (χ2n) is 3.87. The van der Waals surface area contributed by atoms with Crippen molar-refractivity contribution >= 4 is 0 Å². The van der Waals surface area contributed by atoms with E-state index in [4.69, 9.17) is 0 Å². The molecule has 0 aliphatic heterocycles. The van der Waals surface area contributed by atoms with Crippen LogP contribution >= 0.6 is 0 Å². The minimum absolute atomic E-state index is 0.348. The van der Waals surface area contributed by atoms with Gasteiger partial charge in [-0.25, -0.2) is 0 Å². The molecule has 1 atom stereocenters. The fraction of sp³-hybridized carbons (Fsp3) is 0.538. The molecule has 0 aliphatic carbocycles. The van der Waals surface area contributed by atoms with Crippen molar-refractivity contribution in [2.45, 2.75) is 45.6 Å². The molecule has 0 aliphatic rings. The summed E-state index contributed by atoms with van der Waals surface area (Å²) in [4.78, 5) is 0. The molecule has 0 saturated heterocycles. The van der Waals surface area contributed by atoms with Gasteiger partial charge in [-0.3, -0.25) is 0 Å². The molecule has 14 heavy (non-hydrogen) atoms. The van der Waals surface area contributed by atoms with E-state index in [9.17, 15) is 5.11 Å². The zero-order chi connectivity index (χ0) is 10.4. The lowest BCUT2D eigenvalue weighted by atomic mass is 10.0. The molecule has 0 fully saturated rings. The van der Waals surface area contributed by atoms with Crippen molar-refractivity contribution in [2.24, 2.45) is 0 Å². The fourth-order valence-electron chi connectivity index (χ4n) is 1.54. The quantitative estimate of drug-likeness (QED) is 0.708. The van der Waals surface area contributed by atoms with Gasteiger partial charge in [0.15, 0.2) is 0 Å². The largest absolute Gasteiger partial charge is 0.389 e. The van der Waals surface area contributed by atoms with Gasteiger partial charge in [0.25, 0.3) is 0 Å². The second kappa shape index (κ2) is 5.82. The number of hydrogen-bond donors (Lipinski definition) is 1. The summed E-state index contributed by atoms with van der Waals surface area (Å²) >= 11 is 0. The smallest absolute Gasteiger partial charge is 0.0761 e. The number of aliphatic hydroxyl groups is 1. The molecule has 0 bridgehead atoms. The number of aryl methyl sites for hydroxylation is 1. The summed E-state index contributed by atoms with van der Waals surface area (Å²) in [5.41, 5.74) is 2.38. The molecule has 0 unspecified atom stereocenters. The van der Waals surface area contributed by atoms with Gasteiger partial charge in [-0.2, -0.15) is 0 Å². The first-order chi connectivity index (χ1) is 6.74. The van der Waals surface area contributed by atoms with E-state index in [0.717, 1.165) is 12.0 Å². The standard InChI is InChI=1S/C13H20O/c1-3-4-5-6-12-7-9-13(10-8-12)11(2)14/h7-11,14H,3-6H2,1-2H3/t11-/m0/s1. The van der Waals surface area contributed by atoms with E-state index in [1.807, 2.05) is 12.1 Å². The summed E-state index contributed by atoms with van der Waals surface area (Å²) in [6.07, 6.45) is 4.65. The lowest BCUT2D eigenvalue weighted by molar-refractivity contribution is 0.199. The monoisotopic (exact) mass is 192 g/mol. The molecular weight excluding hydrogens is 172 g/mol. The maximum atomic E-state index is 9.33. The van der Waals surface area contributed by atoms with E-state index in [0.29, 0.717) is 0 Å². The third-order valence-corrected chi connectivity index (χ3v) is 2.53. The highest BCUT2D eigenvalue weighted by atomic mass is 16.3. The normalized spacial score (nSPS) is 12.8. The fourth-order valence-corrected chi connectivity index (χ4v) is 1.54. The van der Waals surface area contributed by atoms with Crippen molar-refractivity contribution in [3.05, 3.63) is 35.4 Å². The van der Waals surface area contributed by atoms with Crippen LogP contribution in [0.4, 0.5) is 0 Å². The Bertz CT molecular complexity index is 248. The zero-order valence-corrected chi connectivity index (χ0v) is 9.16. The van der Waals surface area contributed by atoms with Crippen LogP contribution in [0.25, 0.3) is 0 Å². The van der Waals surface area contributed by atoms with Crippen molar-refractivity contribution in [3.8, 4) is 0 Å². The summed E-state index contributed by atoms with van der Waals surface area (Å²) in [7, 11) is 0. The van der Waals surface area contributed by atoms with E-state index < -0.39 is 0 Å². The Morgan fingerprint density at radius 2 is 1.79 bits per heavy atom. The molecule has 1 aromatic carbocycles. The Morgan fingerprint density at radius 3 is 2.29 bits per heavy atom. The Kier molecular flexibility index (Phi) is 4.68. The SMILES string of the molecule is CCCCCc1ccc([C@H](C)O)cc1. The molecular formula is C13H20O. The van der Waals surface area contributed by atoms with Crippen LogP contribution in [0.2, 0.25) is 0 Å². The molecule has 1 heteroatoms. The van der Waals surface area contributed by atoms with Gasteiger partial charge in [-0.15, -0.1) is 0 Å². The van der Waals surface area contributed by atoms with Crippen molar-refractivity contribution in [1.29, 1.82) is 0 Å². The molecule has 1 aromatic rings. The van der Waals surface area contributed by atoms with E-state index in [1.54, 1.807) is 6.92 Å². The maximum Gasteiger partial charge on any atom is 0.0761 e. The summed E-state index contributed by atoms with van der Waals surface area (Å²) in [6, 6.07) is 8.29. The highest BCUT2D eigenvalue weighted by molar-refractivity contribution is 5.23. The number of unbranched alkanes of at least 4 members (excludes halogenated alkanes) is 2. The molecule has 1 N–H and O–H groups in total. The summed E-state index contributed by atoms with van der Waals surface area (Å²) in [5.74, 6) is 0. The molecule has 0 heterocycles. The van der Waals surface area contributed by atoms with Crippen LogP contribution in [0.5, 0.6) is 0 Å². The van der Waals surface area contributed by atoms with Crippen molar-refractivity contribution in [1.82, 2.24) is 0 Å². The first-order valence-corrected chi connectivity index (χ1v) is 5.51. The third-order valence-electron chi connectivity index (χ3n) is 2.53. The van der Waals surface area contributed by atoms with Crippen LogP contribution in [0.1, 0.15) is 50.3 Å². The van der Waals surface area contributed by atoms with Crippen LogP contribution in [0.3, 0.4) is 0 Å². The Balaban J connectivity index is 2.47. The van der Waals surface area contributed by atoms with Gasteiger partial charge in [0.2, 0.25) is 0 Å². The minimum atomic E-state index is -0.348. The minimum Gasteiger partial charge on any atom is -0.389 e. The molecule has 0 amide bonds. The first-order valence-electron chi connectivity index (χ1n) is 5.51. The average molecular weight is 192 g/mol. The predicted octanol–water partition coefficient (Wildman–Crippen LogP) is 3.47. The Labute approximate surface area is 86.8 Å². The van der Waals surface area contributed by atoms with Crippen LogP contribution in [-0.4, -0.2) is 5.11 Å². The second-order valence-corrected chi connectivity index (χ2v) is 3.87. The van der Waals surface area contributed by atoms with Gasteiger partial charge in [0.05, 0.1) is 6.10 Å². The van der Waals surface area contributed by atoms with E-state index in [1.165, 1.54) is 24.8 Å². The molecule has 0 spiro atoms. The summed E-state index contributed by atoms with van der Waals surface area (Å²) in [5, 5.41) is 9.33. The molecule has 0 aromatic heterocycles. The first kappa shape index (κ1) is 11.3. The van der Waals surface area contributed by atoms with Gasteiger partial charge in [0.1, 0.15) is 0 Å². The number of rotatable bonds is 5. The number of benzene rings is 1. The molecule has 1 nitrogen and oxygen atoms in total. The van der Waals surface area contributed by atoms with Crippen molar-refractivity contribution in [3.63, 3.8) is 0 Å². The number of aliphatic hydroxyl groups excluding tert-OH is 1. The number of hydrogen-bond acceptors (Lipinski definition) is 1. The van der Waals surface area contributed by atoms with Crippen LogP contribution < -0.4 is 0 Å². The van der Waals surface area contributed by atoms with Gasteiger partial charge < -0.3 is 5.11 Å². The highest BCUT2D eigenvalue weighted by Gasteiger charge is 1.99. The van der Waals surface area contributed by atoms with Gasteiger partial charge >= 0.3 is 0 Å².